The summed E-state index contributed by atoms with van der Waals surface area (Å²) in [6, 6.07) is 0. The zero-order valence-corrected chi connectivity index (χ0v) is 50.7. The van der Waals surface area contributed by atoms with E-state index in [1.165, 1.54) is 199 Å². The molecule has 1 unspecified atom stereocenters. The van der Waals surface area contributed by atoms with Crippen molar-refractivity contribution in [2.45, 2.75) is 322 Å². The van der Waals surface area contributed by atoms with Gasteiger partial charge in [-0.25, -0.2) is 0 Å². The van der Waals surface area contributed by atoms with Crippen LogP contribution in [-0.2, 0) is 28.6 Å². The van der Waals surface area contributed by atoms with Crippen LogP contribution >= 0.6 is 0 Å². The molecular weight excluding hydrogens is 949 g/mol. The summed E-state index contributed by atoms with van der Waals surface area (Å²) in [6.45, 7) is 6.45. The van der Waals surface area contributed by atoms with Crippen LogP contribution in [0.25, 0.3) is 0 Å². The summed E-state index contributed by atoms with van der Waals surface area (Å²) >= 11 is 0. The number of carbonyl (C=O) groups is 3. The lowest BCUT2D eigenvalue weighted by Gasteiger charge is -2.18. The summed E-state index contributed by atoms with van der Waals surface area (Å²) in [5, 5.41) is 0. The molecule has 0 saturated heterocycles. The molecule has 0 bridgehead atoms. The average molecular weight is 1070 g/mol. The lowest BCUT2D eigenvalue weighted by molar-refractivity contribution is -0.166. The summed E-state index contributed by atoms with van der Waals surface area (Å²) in [5.74, 6) is -1.04. The number of ether oxygens (including phenoxy) is 3. The van der Waals surface area contributed by atoms with E-state index in [4.69, 9.17) is 14.2 Å². The van der Waals surface area contributed by atoms with E-state index in [0.717, 1.165) is 77.0 Å². The maximum Gasteiger partial charge on any atom is 0.309 e. The molecule has 0 saturated carbocycles. The molecule has 0 spiro atoms. The molecule has 6 nitrogen and oxygen atoms in total. The second-order valence-electron chi connectivity index (χ2n) is 21.7. The normalized spacial score (nSPS) is 12.7. The summed E-state index contributed by atoms with van der Waals surface area (Å²) in [5.41, 5.74) is 0. The Morgan fingerprint density at radius 2 is 0.558 bits per heavy atom. The van der Waals surface area contributed by atoms with Crippen molar-refractivity contribution in [1.29, 1.82) is 0 Å². The number of unbranched alkanes of at least 4 members (excludes halogenated alkanes) is 33. The first-order valence-electron chi connectivity index (χ1n) is 32.7. The number of hydrogen-bond acceptors (Lipinski definition) is 6. The van der Waals surface area contributed by atoms with Crippen molar-refractivity contribution in [2.75, 3.05) is 13.2 Å². The minimum Gasteiger partial charge on any atom is -0.462 e. The monoisotopic (exact) mass is 1070 g/mol. The molecule has 0 fully saturated rings. The largest absolute Gasteiger partial charge is 0.462 e. The Labute approximate surface area is 477 Å². The fourth-order valence-electron chi connectivity index (χ4n) is 9.19. The van der Waals surface area contributed by atoms with E-state index < -0.39 is 12.1 Å². The molecule has 0 aliphatic carbocycles. The van der Waals surface area contributed by atoms with Gasteiger partial charge >= 0.3 is 17.9 Å². The van der Waals surface area contributed by atoms with Gasteiger partial charge in [-0.3, -0.25) is 14.4 Å². The van der Waals surface area contributed by atoms with Crippen LogP contribution in [-0.4, -0.2) is 37.2 Å². The van der Waals surface area contributed by atoms with Crippen molar-refractivity contribution in [1.82, 2.24) is 0 Å². The Hall–Kier alpha value is -3.67. The van der Waals surface area contributed by atoms with Gasteiger partial charge in [0.2, 0.25) is 0 Å². The van der Waals surface area contributed by atoms with E-state index >= 15 is 0 Å². The summed E-state index contributed by atoms with van der Waals surface area (Å²) in [4.78, 5) is 38.2. The van der Waals surface area contributed by atoms with E-state index in [2.05, 4.69) is 106 Å². The smallest absolute Gasteiger partial charge is 0.309 e. The lowest BCUT2D eigenvalue weighted by Crippen LogP contribution is -2.30. The molecule has 0 rings (SSSR count). The third-order valence-corrected chi connectivity index (χ3v) is 14.1. The minimum absolute atomic E-state index is 0.108. The van der Waals surface area contributed by atoms with Gasteiger partial charge in [-0.2, -0.15) is 0 Å². The maximum absolute atomic E-state index is 12.9. The van der Waals surface area contributed by atoms with Crippen LogP contribution in [0.1, 0.15) is 316 Å². The molecule has 0 heterocycles. The summed E-state index contributed by atoms with van der Waals surface area (Å²) in [6.07, 6.45) is 87.4. The van der Waals surface area contributed by atoms with E-state index in [1.807, 2.05) is 6.08 Å². The van der Waals surface area contributed by atoms with E-state index in [1.54, 1.807) is 6.08 Å². The molecule has 0 aromatic rings. The summed E-state index contributed by atoms with van der Waals surface area (Å²) in [7, 11) is 0. The molecule has 0 N–H and O–H groups in total. The highest BCUT2D eigenvalue weighted by Crippen LogP contribution is 2.16. The van der Waals surface area contributed by atoms with Gasteiger partial charge in [0.1, 0.15) is 13.2 Å². The lowest BCUT2D eigenvalue weighted by atomic mass is 10.0. The Kier molecular flexibility index (Phi) is 61.8. The van der Waals surface area contributed by atoms with Crippen LogP contribution in [0.15, 0.2) is 97.2 Å². The number of hydrogen-bond donors (Lipinski definition) is 0. The molecule has 0 radical (unpaired) electrons. The maximum atomic E-state index is 12.9. The van der Waals surface area contributed by atoms with Crippen LogP contribution in [0.4, 0.5) is 0 Å². The Morgan fingerprint density at radius 1 is 0.286 bits per heavy atom. The Bertz CT molecular complexity index is 1510. The van der Waals surface area contributed by atoms with Crippen LogP contribution in [0.2, 0.25) is 0 Å². The van der Waals surface area contributed by atoms with Crippen molar-refractivity contribution in [2.24, 2.45) is 0 Å². The van der Waals surface area contributed by atoms with Gasteiger partial charge in [-0.1, -0.05) is 291 Å². The Balaban J connectivity index is 4.34. The van der Waals surface area contributed by atoms with Crippen LogP contribution in [0.3, 0.4) is 0 Å². The quantitative estimate of drug-likeness (QED) is 0.0261. The second kappa shape index (κ2) is 64.9. The van der Waals surface area contributed by atoms with Gasteiger partial charge in [-0.05, 0) is 103 Å². The molecule has 0 aliphatic heterocycles. The molecular formula is C71H122O6. The van der Waals surface area contributed by atoms with Crippen LogP contribution in [0.5, 0.6) is 0 Å². The topological polar surface area (TPSA) is 78.9 Å². The zero-order chi connectivity index (χ0) is 55.7. The molecule has 0 aromatic carbocycles. The van der Waals surface area contributed by atoms with Crippen molar-refractivity contribution in [3.05, 3.63) is 97.2 Å². The highest BCUT2D eigenvalue weighted by Gasteiger charge is 2.19. The highest BCUT2D eigenvalue weighted by molar-refractivity contribution is 5.72. The predicted molar refractivity (Wildman–Crippen MR) is 334 cm³/mol. The van der Waals surface area contributed by atoms with Crippen molar-refractivity contribution >= 4 is 17.9 Å². The zero-order valence-electron chi connectivity index (χ0n) is 50.7. The SMILES string of the molecule is CC/C=C\C/C=C\C/C=C\C/C=C\C/C=C\CC(=O)OCC(COC(=O)CCCCCCCCCCCCCCCCC/C=C\C/C=C\CCCCCCC)OC(=O)CCCCCCCCC/C=C\CCCCCCCC. The molecule has 77 heavy (non-hydrogen) atoms. The number of carbonyl (C=O) groups excluding carboxylic acids is 3. The van der Waals surface area contributed by atoms with E-state index in [-0.39, 0.29) is 31.6 Å². The van der Waals surface area contributed by atoms with Gasteiger partial charge < -0.3 is 14.2 Å². The molecule has 0 amide bonds. The number of rotatable bonds is 59. The fraction of sp³-hybridized carbons (Fsp3) is 0.732. The van der Waals surface area contributed by atoms with Gasteiger partial charge in [0.05, 0.1) is 6.42 Å². The van der Waals surface area contributed by atoms with Gasteiger partial charge in [0.25, 0.3) is 0 Å². The summed E-state index contributed by atoms with van der Waals surface area (Å²) < 4.78 is 16.8. The average Bonchev–Trinajstić information content (AvgIpc) is 3.43. The third kappa shape index (κ3) is 63.0. The van der Waals surface area contributed by atoms with Crippen LogP contribution < -0.4 is 0 Å². The molecule has 6 heteroatoms. The van der Waals surface area contributed by atoms with E-state index in [0.29, 0.717) is 12.8 Å². The van der Waals surface area contributed by atoms with Crippen molar-refractivity contribution in [3.63, 3.8) is 0 Å². The van der Waals surface area contributed by atoms with Crippen molar-refractivity contribution in [3.8, 4) is 0 Å². The third-order valence-electron chi connectivity index (χ3n) is 14.1. The van der Waals surface area contributed by atoms with Gasteiger partial charge in [0.15, 0.2) is 6.10 Å². The first-order chi connectivity index (χ1) is 38.0. The first-order valence-corrected chi connectivity index (χ1v) is 32.7. The number of allylic oxidation sites excluding steroid dienone is 15. The fourth-order valence-corrected chi connectivity index (χ4v) is 9.19. The molecule has 0 aliphatic rings. The molecule has 1 atom stereocenters. The Morgan fingerprint density at radius 3 is 0.922 bits per heavy atom. The van der Waals surface area contributed by atoms with Crippen LogP contribution in [0, 0.1) is 0 Å². The van der Waals surface area contributed by atoms with Gasteiger partial charge in [0, 0.05) is 12.8 Å². The highest BCUT2D eigenvalue weighted by atomic mass is 16.6. The number of esters is 3. The first kappa shape index (κ1) is 73.3. The molecule has 0 aromatic heterocycles. The molecule has 442 valence electrons. The predicted octanol–water partition coefficient (Wildman–Crippen LogP) is 22.4. The standard InChI is InChI=1S/C71H122O6/c1-4-7-10-13-16-19-22-25-28-30-31-32-33-34-35-36-37-38-39-41-43-46-49-52-55-58-61-64-70(73)76-67-68(66-75-69(72)63-60-57-54-51-48-45-42-27-24-21-18-15-12-9-6-3)77-71(74)65-62-59-56-53-50-47-44-40-29-26-23-20-17-14-11-8-5-2/h9,12,18,21-22,25-27,29-31,42,48,51,57,60,68H,4-8,10-11,13-17,19-20,23-24,28,32-41,43-47,49-50,52-56,58-59,61-67H2,1-3H3/b12-9-,21-18-,25-22-,29-26-,31-30-,42-27-,51-48-,60-57-. The van der Waals surface area contributed by atoms with Crippen molar-refractivity contribution < 1.29 is 28.6 Å². The van der Waals surface area contributed by atoms with E-state index in [9.17, 15) is 14.4 Å². The second-order valence-corrected chi connectivity index (χ2v) is 21.7. The van der Waals surface area contributed by atoms with Gasteiger partial charge in [-0.15, -0.1) is 0 Å². The minimum atomic E-state index is -0.821.